The van der Waals surface area contributed by atoms with Gasteiger partial charge in [-0.3, -0.25) is 9.59 Å². The van der Waals surface area contributed by atoms with E-state index in [1.54, 1.807) is 49.0 Å². The van der Waals surface area contributed by atoms with Gasteiger partial charge in [-0.05, 0) is 36.9 Å². The molecule has 0 unspecified atom stereocenters. The molecular formula is C18H19NO3S. The summed E-state index contributed by atoms with van der Waals surface area (Å²) >= 11 is 1.58. The predicted molar refractivity (Wildman–Crippen MR) is 92.9 cm³/mol. The predicted octanol–water partition coefficient (Wildman–Crippen LogP) is 3.78. The Kier molecular flexibility index (Phi) is 5.45. The van der Waals surface area contributed by atoms with Gasteiger partial charge in [0.1, 0.15) is 0 Å². The summed E-state index contributed by atoms with van der Waals surface area (Å²) in [4.78, 5) is 25.1. The highest BCUT2D eigenvalue weighted by Crippen LogP contribution is 2.29. The van der Waals surface area contributed by atoms with Gasteiger partial charge >= 0.3 is 5.97 Å². The summed E-state index contributed by atoms with van der Waals surface area (Å²) in [5.41, 5.74) is 0.0193. The van der Waals surface area contributed by atoms with Crippen LogP contribution in [0.25, 0.3) is 0 Å². The Hall–Kier alpha value is -2.27. The number of hydrogen-bond acceptors (Lipinski definition) is 3. The summed E-state index contributed by atoms with van der Waals surface area (Å²) in [5.74, 6) is -1.34. The van der Waals surface area contributed by atoms with Crippen molar-refractivity contribution in [2.45, 2.75) is 23.7 Å². The zero-order chi connectivity index (χ0) is 16.9. The number of carbonyl (C=O) groups excluding carboxylic acids is 1. The lowest BCUT2D eigenvalue weighted by atomic mass is 9.79. The van der Waals surface area contributed by atoms with Crippen molar-refractivity contribution in [3.63, 3.8) is 0 Å². The van der Waals surface area contributed by atoms with Crippen LogP contribution in [0.4, 0.5) is 5.69 Å². The van der Waals surface area contributed by atoms with Crippen molar-refractivity contribution in [3.05, 3.63) is 60.2 Å². The van der Waals surface area contributed by atoms with Crippen LogP contribution in [-0.4, -0.2) is 23.2 Å². The van der Waals surface area contributed by atoms with Gasteiger partial charge in [0.15, 0.2) is 0 Å². The molecule has 1 amide bonds. The Balaban J connectivity index is 2.17. The van der Waals surface area contributed by atoms with Gasteiger partial charge in [0, 0.05) is 17.0 Å². The van der Waals surface area contributed by atoms with E-state index in [0.717, 1.165) is 4.90 Å². The molecule has 1 atom stereocenters. The second kappa shape index (κ2) is 7.33. The summed E-state index contributed by atoms with van der Waals surface area (Å²) in [7, 11) is 0. The molecule has 0 aliphatic carbocycles. The third-order valence-electron chi connectivity index (χ3n) is 3.75. The topological polar surface area (TPSA) is 66.4 Å². The molecule has 0 fully saturated rings. The quantitative estimate of drug-likeness (QED) is 0.792. The summed E-state index contributed by atoms with van der Waals surface area (Å²) in [6.45, 7) is 1.57. The van der Waals surface area contributed by atoms with Crippen LogP contribution in [-0.2, 0) is 15.0 Å². The maximum atomic E-state index is 12.3. The average molecular weight is 329 g/mol. The van der Waals surface area contributed by atoms with E-state index in [2.05, 4.69) is 5.32 Å². The molecule has 2 aromatic rings. The van der Waals surface area contributed by atoms with Crippen LogP contribution in [0.15, 0.2) is 59.5 Å². The zero-order valence-corrected chi connectivity index (χ0v) is 13.9. The molecule has 0 radical (unpaired) electrons. The second-order valence-electron chi connectivity index (χ2n) is 5.46. The fourth-order valence-corrected chi connectivity index (χ4v) is 2.79. The number of carbonyl (C=O) groups is 2. The van der Waals surface area contributed by atoms with Crippen molar-refractivity contribution < 1.29 is 14.7 Å². The lowest BCUT2D eigenvalue weighted by molar-refractivity contribution is -0.145. The standard InChI is InChI=1S/C18H19NO3S/c1-18(17(21)22,13-7-4-3-5-8-13)12-16(20)19-14-9-6-10-15(11-14)23-2/h3-11H,12H2,1-2H3,(H,19,20)(H,21,22)/t18-/m0/s1. The second-order valence-corrected chi connectivity index (χ2v) is 6.34. The van der Waals surface area contributed by atoms with Crippen LogP contribution in [0.1, 0.15) is 18.9 Å². The van der Waals surface area contributed by atoms with Gasteiger partial charge in [-0.1, -0.05) is 36.4 Å². The third-order valence-corrected chi connectivity index (χ3v) is 4.48. The SMILES string of the molecule is CSc1cccc(NC(=O)C[C@](C)(C(=O)O)c2ccccc2)c1. The van der Waals surface area contributed by atoms with Crippen LogP contribution in [0.2, 0.25) is 0 Å². The van der Waals surface area contributed by atoms with Crippen LogP contribution >= 0.6 is 11.8 Å². The molecule has 0 heterocycles. The van der Waals surface area contributed by atoms with Crippen molar-refractivity contribution in [1.82, 2.24) is 0 Å². The Labute approximate surface area is 139 Å². The summed E-state index contributed by atoms with van der Waals surface area (Å²) in [5, 5.41) is 12.4. The monoisotopic (exact) mass is 329 g/mol. The molecule has 0 aliphatic rings. The van der Waals surface area contributed by atoms with E-state index >= 15 is 0 Å². The first-order chi connectivity index (χ1) is 11.0. The lowest BCUT2D eigenvalue weighted by Crippen LogP contribution is -2.36. The van der Waals surface area contributed by atoms with Gasteiger partial charge in [-0.15, -0.1) is 11.8 Å². The molecule has 120 valence electrons. The molecule has 0 saturated carbocycles. The minimum atomic E-state index is -1.26. The van der Waals surface area contributed by atoms with E-state index in [4.69, 9.17) is 0 Å². The van der Waals surface area contributed by atoms with Crippen molar-refractivity contribution in [3.8, 4) is 0 Å². The highest BCUT2D eigenvalue weighted by molar-refractivity contribution is 7.98. The minimum absolute atomic E-state index is 0.129. The third kappa shape index (κ3) is 4.13. The maximum Gasteiger partial charge on any atom is 0.314 e. The Morgan fingerprint density at radius 3 is 2.43 bits per heavy atom. The fraction of sp³-hybridized carbons (Fsp3) is 0.222. The smallest absolute Gasteiger partial charge is 0.314 e. The largest absolute Gasteiger partial charge is 0.481 e. The number of nitrogens with one attached hydrogen (secondary N) is 1. The van der Waals surface area contributed by atoms with Crippen molar-refractivity contribution in [2.24, 2.45) is 0 Å². The highest BCUT2D eigenvalue weighted by Gasteiger charge is 2.37. The first-order valence-electron chi connectivity index (χ1n) is 7.18. The van der Waals surface area contributed by atoms with E-state index in [1.807, 2.05) is 30.5 Å². The van der Waals surface area contributed by atoms with Crippen molar-refractivity contribution in [1.29, 1.82) is 0 Å². The van der Waals surface area contributed by atoms with Gasteiger partial charge in [-0.2, -0.15) is 0 Å². The number of thioether (sulfide) groups is 1. The molecule has 0 saturated heterocycles. The Bertz CT molecular complexity index is 702. The molecule has 5 heteroatoms. The molecule has 0 aliphatic heterocycles. The maximum absolute atomic E-state index is 12.3. The summed E-state index contributed by atoms with van der Waals surface area (Å²) in [6, 6.07) is 16.3. The number of amides is 1. The van der Waals surface area contributed by atoms with E-state index in [9.17, 15) is 14.7 Å². The molecule has 2 aromatic carbocycles. The normalized spacial score (nSPS) is 13.1. The zero-order valence-electron chi connectivity index (χ0n) is 13.1. The van der Waals surface area contributed by atoms with Crippen LogP contribution in [0.5, 0.6) is 0 Å². The van der Waals surface area contributed by atoms with Crippen LogP contribution < -0.4 is 5.32 Å². The van der Waals surface area contributed by atoms with Crippen LogP contribution in [0, 0.1) is 0 Å². The summed E-state index contributed by atoms with van der Waals surface area (Å²) < 4.78 is 0. The first-order valence-corrected chi connectivity index (χ1v) is 8.41. The van der Waals surface area contributed by atoms with Gasteiger partial charge in [0.2, 0.25) is 5.91 Å². The Morgan fingerprint density at radius 1 is 1.13 bits per heavy atom. The molecule has 0 spiro atoms. The van der Waals surface area contributed by atoms with Crippen molar-refractivity contribution >= 4 is 29.3 Å². The van der Waals surface area contributed by atoms with Gasteiger partial charge in [0.25, 0.3) is 0 Å². The number of rotatable bonds is 6. The first kappa shape index (κ1) is 17.1. The number of hydrogen-bond donors (Lipinski definition) is 2. The van der Waals surface area contributed by atoms with Crippen LogP contribution in [0.3, 0.4) is 0 Å². The molecule has 2 rings (SSSR count). The number of carboxylic acid groups (broad SMARTS) is 1. The molecule has 4 nitrogen and oxygen atoms in total. The molecule has 23 heavy (non-hydrogen) atoms. The number of carboxylic acids is 1. The highest BCUT2D eigenvalue weighted by atomic mass is 32.2. The van der Waals surface area contributed by atoms with Gasteiger partial charge in [0.05, 0.1) is 5.41 Å². The van der Waals surface area contributed by atoms with Gasteiger partial charge in [-0.25, -0.2) is 0 Å². The minimum Gasteiger partial charge on any atom is -0.481 e. The van der Waals surface area contributed by atoms with E-state index < -0.39 is 11.4 Å². The number of benzene rings is 2. The number of anilines is 1. The van der Waals surface area contributed by atoms with E-state index in [1.165, 1.54) is 0 Å². The lowest BCUT2D eigenvalue weighted by Gasteiger charge is -2.24. The fourth-order valence-electron chi connectivity index (χ4n) is 2.33. The molecule has 2 N–H and O–H groups in total. The average Bonchev–Trinajstić information content (AvgIpc) is 2.55. The van der Waals surface area contributed by atoms with E-state index in [0.29, 0.717) is 11.3 Å². The summed E-state index contributed by atoms with van der Waals surface area (Å²) in [6.07, 6.45) is 1.83. The molecular weight excluding hydrogens is 310 g/mol. The Morgan fingerprint density at radius 2 is 1.83 bits per heavy atom. The molecule has 0 aromatic heterocycles. The molecule has 0 bridgehead atoms. The van der Waals surface area contributed by atoms with Gasteiger partial charge < -0.3 is 10.4 Å². The number of aliphatic carboxylic acids is 1. The van der Waals surface area contributed by atoms with Crippen molar-refractivity contribution in [2.75, 3.05) is 11.6 Å². The van der Waals surface area contributed by atoms with E-state index in [-0.39, 0.29) is 12.3 Å².